The summed E-state index contributed by atoms with van der Waals surface area (Å²) in [7, 11) is -4.05. The largest absolute Gasteiger partial charge is 0.434 e. The molecule has 3 rings (SSSR count). The predicted molar refractivity (Wildman–Crippen MR) is 120 cm³/mol. The summed E-state index contributed by atoms with van der Waals surface area (Å²) in [6, 6.07) is 0.381. The average molecular weight is 555 g/mol. The van der Waals surface area contributed by atoms with Gasteiger partial charge in [-0.3, -0.25) is 4.79 Å². The molecule has 1 atom stereocenters. The van der Waals surface area contributed by atoms with E-state index in [1.807, 2.05) is 0 Å². The molecule has 0 aromatic carbocycles. The Balaban J connectivity index is 1.83. The molecule has 2 aromatic rings. The van der Waals surface area contributed by atoms with Gasteiger partial charge in [0.05, 0.1) is 15.4 Å². The van der Waals surface area contributed by atoms with E-state index >= 15 is 0 Å². The van der Waals surface area contributed by atoms with Crippen LogP contribution in [-0.4, -0.2) is 52.8 Å². The second kappa shape index (κ2) is 9.94. The van der Waals surface area contributed by atoms with Crippen molar-refractivity contribution in [2.45, 2.75) is 43.0 Å². The zero-order valence-corrected chi connectivity index (χ0v) is 20.5. The number of imidazole rings is 1. The van der Waals surface area contributed by atoms with Crippen LogP contribution >= 0.6 is 38.9 Å². The van der Waals surface area contributed by atoms with Crippen LogP contribution in [0.1, 0.15) is 26.2 Å². The quantitative estimate of drug-likeness (QED) is 0.394. The molecule has 1 N–H and O–H groups in total. The van der Waals surface area contributed by atoms with Crippen LogP contribution in [0.15, 0.2) is 27.1 Å². The first kappa shape index (κ1) is 24.1. The highest BCUT2D eigenvalue weighted by Crippen LogP contribution is 2.34. The number of aryl methyl sites for hydroxylation is 1. The van der Waals surface area contributed by atoms with Gasteiger partial charge >= 0.3 is 5.95 Å². The maximum Gasteiger partial charge on any atom is 0.434 e. The molecule has 0 saturated carbocycles. The maximum absolute atomic E-state index is 13.2. The number of piperidine rings is 1. The van der Waals surface area contributed by atoms with E-state index in [-0.39, 0.29) is 33.4 Å². The number of hydrogen-bond donors (Lipinski definition) is 1. The normalized spacial score (nSPS) is 16.4. The molecule has 1 aliphatic heterocycles. The van der Waals surface area contributed by atoms with E-state index < -0.39 is 21.0 Å². The van der Waals surface area contributed by atoms with E-state index in [9.17, 15) is 23.3 Å². The average Bonchev–Trinajstić information content (AvgIpc) is 3.31. The molecule has 1 saturated heterocycles. The SMILES string of the molecule is CC1CCN(C(=O)C(CCn2ccnc2[N+](=O)[O-])NS(=O)(=O)c2sc(Cl)cc2Br)CC1. The van der Waals surface area contributed by atoms with Crippen LogP contribution in [0.2, 0.25) is 4.34 Å². The Morgan fingerprint density at radius 2 is 2.16 bits per heavy atom. The van der Waals surface area contributed by atoms with Crippen molar-refractivity contribution >= 4 is 60.7 Å². The van der Waals surface area contributed by atoms with E-state index in [1.165, 1.54) is 23.0 Å². The minimum atomic E-state index is -4.05. The molecule has 0 aliphatic carbocycles. The number of halogens is 2. The number of aromatic nitrogens is 2. The Bertz CT molecular complexity index is 1060. The van der Waals surface area contributed by atoms with Gasteiger partial charge in [0.2, 0.25) is 5.91 Å². The van der Waals surface area contributed by atoms with Crippen molar-refractivity contribution in [2.24, 2.45) is 5.92 Å². The lowest BCUT2D eigenvalue weighted by Crippen LogP contribution is -2.50. The molecule has 1 unspecified atom stereocenters. The van der Waals surface area contributed by atoms with Crippen molar-refractivity contribution in [3.05, 3.63) is 37.4 Å². The summed E-state index contributed by atoms with van der Waals surface area (Å²) in [6.07, 6.45) is 4.41. The minimum absolute atomic E-state index is 0.0258. The number of rotatable bonds is 8. The number of sulfonamides is 1. The fourth-order valence-corrected chi connectivity index (χ4v) is 7.60. The molecule has 3 heterocycles. The van der Waals surface area contributed by atoms with Gasteiger partial charge in [0, 0.05) is 19.5 Å². The van der Waals surface area contributed by atoms with Gasteiger partial charge in [-0.1, -0.05) is 23.5 Å². The standard InChI is InChI=1S/C17H21BrClN5O5S2/c1-11-2-6-22(7-3-11)15(25)13(4-8-23-9-5-20-17(23)24(26)27)21-31(28,29)16-12(18)10-14(19)30-16/h5,9-11,13,21H,2-4,6-8H2,1H3. The third-order valence-corrected chi connectivity index (χ3v) is 9.50. The Hall–Kier alpha value is -1.54. The predicted octanol–water partition coefficient (Wildman–Crippen LogP) is 3.26. The van der Waals surface area contributed by atoms with Crippen molar-refractivity contribution in [3.63, 3.8) is 0 Å². The van der Waals surface area contributed by atoms with Crippen LogP contribution in [0.3, 0.4) is 0 Å². The molecule has 0 spiro atoms. The second-order valence-corrected chi connectivity index (χ2v) is 11.8. The van der Waals surface area contributed by atoms with E-state index in [0.29, 0.717) is 23.5 Å². The Morgan fingerprint density at radius 1 is 1.48 bits per heavy atom. The number of nitrogens with one attached hydrogen (secondary N) is 1. The molecule has 1 aliphatic rings. The van der Waals surface area contributed by atoms with Crippen molar-refractivity contribution in [1.82, 2.24) is 19.2 Å². The number of nitro groups is 1. The summed E-state index contributed by atoms with van der Waals surface area (Å²) in [5.74, 6) is -0.220. The number of nitrogens with zero attached hydrogens (tertiary/aromatic N) is 4. The van der Waals surface area contributed by atoms with E-state index in [4.69, 9.17) is 11.6 Å². The highest BCUT2D eigenvalue weighted by molar-refractivity contribution is 9.10. The van der Waals surface area contributed by atoms with Crippen LogP contribution < -0.4 is 4.72 Å². The molecule has 0 bridgehead atoms. The maximum atomic E-state index is 13.2. The summed E-state index contributed by atoms with van der Waals surface area (Å²) >= 11 is 9.98. The number of carbonyl (C=O) groups is 1. The number of amides is 1. The van der Waals surface area contributed by atoms with E-state index in [0.717, 1.165) is 24.2 Å². The molecular formula is C17H21BrClN5O5S2. The Kier molecular flexibility index (Phi) is 7.73. The third-order valence-electron chi connectivity index (χ3n) is 5.08. The van der Waals surface area contributed by atoms with Crippen molar-refractivity contribution in [1.29, 1.82) is 0 Å². The molecule has 10 nitrogen and oxygen atoms in total. The van der Waals surface area contributed by atoms with Crippen molar-refractivity contribution in [3.8, 4) is 0 Å². The lowest BCUT2D eigenvalue weighted by molar-refractivity contribution is -0.396. The van der Waals surface area contributed by atoms with Gasteiger partial charge in [0.1, 0.15) is 18.4 Å². The van der Waals surface area contributed by atoms with Gasteiger partial charge in [0.15, 0.2) is 4.21 Å². The number of hydrogen-bond acceptors (Lipinski definition) is 7. The smallest absolute Gasteiger partial charge is 0.390 e. The number of thiophene rings is 1. The summed E-state index contributed by atoms with van der Waals surface area (Å²) in [5.41, 5.74) is 0. The third kappa shape index (κ3) is 5.83. The van der Waals surface area contributed by atoms with Gasteiger partial charge in [-0.05, 0) is 45.7 Å². The van der Waals surface area contributed by atoms with Gasteiger partial charge in [-0.25, -0.2) is 13.0 Å². The molecule has 2 aromatic heterocycles. The molecular weight excluding hydrogens is 534 g/mol. The number of carbonyl (C=O) groups excluding carboxylic acids is 1. The fourth-order valence-electron chi connectivity index (χ4n) is 3.35. The monoisotopic (exact) mass is 553 g/mol. The molecule has 170 valence electrons. The summed E-state index contributed by atoms with van der Waals surface area (Å²) < 4.78 is 30.3. The van der Waals surface area contributed by atoms with Crippen molar-refractivity contribution in [2.75, 3.05) is 13.1 Å². The molecule has 1 fully saturated rings. The highest BCUT2D eigenvalue weighted by Gasteiger charge is 2.33. The highest BCUT2D eigenvalue weighted by atomic mass is 79.9. The van der Waals surface area contributed by atoms with Gasteiger partial charge in [-0.15, -0.1) is 11.3 Å². The molecule has 14 heteroatoms. The minimum Gasteiger partial charge on any atom is -0.390 e. The van der Waals surface area contributed by atoms with Crippen molar-refractivity contribution < 1.29 is 18.1 Å². The van der Waals surface area contributed by atoms with Crippen LogP contribution in [0, 0.1) is 16.0 Å². The summed E-state index contributed by atoms with van der Waals surface area (Å²) in [5, 5.41) is 11.1. The summed E-state index contributed by atoms with van der Waals surface area (Å²) in [6.45, 7) is 3.24. The topological polar surface area (TPSA) is 127 Å². The van der Waals surface area contributed by atoms with Crippen LogP contribution in [0.25, 0.3) is 0 Å². The first-order chi connectivity index (χ1) is 14.6. The second-order valence-electron chi connectivity index (χ2n) is 7.33. The number of likely N-dealkylation sites (tertiary alicyclic amines) is 1. The zero-order chi connectivity index (χ0) is 22.8. The Labute approximate surface area is 196 Å². The summed E-state index contributed by atoms with van der Waals surface area (Å²) in [4.78, 5) is 29.0. The van der Waals surface area contributed by atoms with E-state index in [1.54, 1.807) is 4.90 Å². The molecule has 1 amide bonds. The first-order valence-electron chi connectivity index (χ1n) is 9.50. The van der Waals surface area contributed by atoms with Crippen LogP contribution in [0.5, 0.6) is 0 Å². The first-order valence-corrected chi connectivity index (χ1v) is 13.0. The van der Waals surface area contributed by atoms with E-state index in [2.05, 4.69) is 32.6 Å². The van der Waals surface area contributed by atoms with Crippen LogP contribution in [-0.2, 0) is 21.4 Å². The zero-order valence-electron chi connectivity index (χ0n) is 16.5. The van der Waals surface area contributed by atoms with Gasteiger partial charge < -0.3 is 15.0 Å². The lowest BCUT2D eigenvalue weighted by Gasteiger charge is -2.33. The van der Waals surface area contributed by atoms with Crippen LogP contribution in [0.4, 0.5) is 5.95 Å². The lowest BCUT2D eigenvalue weighted by atomic mass is 9.98. The van der Waals surface area contributed by atoms with Gasteiger partial charge in [0.25, 0.3) is 10.0 Å². The Morgan fingerprint density at radius 3 is 2.74 bits per heavy atom. The molecule has 0 radical (unpaired) electrons. The molecule has 31 heavy (non-hydrogen) atoms. The van der Waals surface area contributed by atoms with Gasteiger partial charge in [-0.2, -0.15) is 4.72 Å². The fraction of sp³-hybridized carbons (Fsp3) is 0.529.